The maximum absolute atomic E-state index is 12.3. The summed E-state index contributed by atoms with van der Waals surface area (Å²) in [6.45, 7) is 2.83. The number of unbranched alkanes of at least 4 members (excludes halogenated alkanes) is 1. The maximum Gasteiger partial charge on any atom is 0.261 e. The van der Waals surface area contributed by atoms with E-state index in [-0.39, 0.29) is 36.9 Å². The van der Waals surface area contributed by atoms with E-state index in [1.807, 2.05) is 0 Å². The molecule has 1 aromatic carbocycles. The fourth-order valence-electron chi connectivity index (χ4n) is 2.24. The average molecular weight is 330 g/mol. The molecule has 2 N–H and O–H groups in total. The number of amides is 2. The van der Waals surface area contributed by atoms with E-state index >= 15 is 0 Å². The summed E-state index contributed by atoms with van der Waals surface area (Å²) >= 11 is 0. The van der Waals surface area contributed by atoms with Crippen molar-refractivity contribution in [2.24, 2.45) is 0 Å². The van der Waals surface area contributed by atoms with Gasteiger partial charge in [-0.05, 0) is 18.6 Å². The van der Waals surface area contributed by atoms with Gasteiger partial charge in [-0.1, -0.05) is 25.5 Å². The van der Waals surface area contributed by atoms with E-state index in [9.17, 15) is 14.4 Å². The molecule has 128 valence electrons. The molecule has 1 aromatic heterocycles. The predicted octanol–water partition coefficient (Wildman–Crippen LogP) is 0.819. The molecule has 0 aliphatic heterocycles. The SMILES string of the molecule is CCCCNC(=O)CCNC(=O)Cn1cnc2ccccc2c1=O. The van der Waals surface area contributed by atoms with Gasteiger partial charge in [-0.3, -0.25) is 19.0 Å². The van der Waals surface area contributed by atoms with E-state index in [1.54, 1.807) is 24.3 Å². The van der Waals surface area contributed by atoms with Crippen molar-refractivity contribution < 1.29 is 9.59 Å². The molecule has 0 fully saturated rings. The minimum Gasteiger partial charge on any atom is -0.356 e. The van der Waals surface area contributed by atoms with Gasteiger partial charge in [-0.15, -0.1) is 0 Å². The third-order valence-electron chi connectivity index (χ3n) is 3.57. The smallest absolute Gasteiger partial charge is 0.261 e. The number of hydrogen-bond acceptors (Lipinski definition) is 4. The molecular formula is C17H22N4O3. The number of fused-ring (bicyclic) bond motifs is 1. The van der Waals surface area contributed by atoms with Gasteiger partial charge in [0, 0.05) is 19.5 Å². The van der Waals surface area contributed by atoms with Crippen molar-refractivity contribution in [3.63, 3.8) is 0 Å². The summed E-state index contributed by atoms with van der Waals surface area (Å²) < 4.78 is 1.26. The molecule has 0 radical (unpaired) electrons. The standard InChI is InChI=1S/C17H22N4O3/c1-2-3-9-18-15(22)8-10-19-16(23)11-21-12-20-14-7-5-4-6-13(14)17(21)24/h4-7,12H,2-3,8-11H2,1H3,(H,18,22)(H,19,23). The second-order valence-corrected chi connectivity index (χ2v) is 5.50. The van der Waals surface area contributed by atoms with Gasteiger partial charge in [0.15, 0.2) is 0 Å². The van der Waals surface area contributed by atoms with E-state index in [0.717, 1.165) is 12.8 Å². The highest BCUT2D eigenvalue weighted by Gasteiger charge is 2.08. The Morgan fingerprint density at radius 3 is 2.67 bits per heavy atom. The molecule has 0 saturated carbocycles. The Morgan fingerprint density at radius 1 is 1.12 bits per heavy atom. The molecule has 2 aromatic rings. The quantitative estimate of drug-likeness (QED) is 0.701. The third-order valence-corrected chi connectivity index (χ3v) is 3.57. The number of rotatable bonds is 8. The number of benzene rings is 1. The molecular weight excluding hydrogens is 308 g/mol. The van der Waals surface area contributed by atoms with Crippen LogP contribution in [-0.2, 0) is 16.1 Å². The van der Waals surface area contributed by atoms with Crippen LogP contribution in [0.5, 0.6) is 0 Å². The first-order valence-electron chi connectivity index (χ1n) is 8.09. The maximum atomic E-state index is 12.3. The zero-order valence-corrected chi connectivity index (χ0v) is 13.7. The Morgan fingerprint density at radius 2 is 1.88 bits per heavy atom. The first kappa shape index (κ1) is 17.7. The molecule has 2 amide bonds. The van der Waals surface area contributed by atoms with Crippen LogP contribution in [0.4, 0.5) is 0 Å². The number of para-hydroxylation sites is 1. The van der Waals surface area contributed by atoms with E-state index < -0.39 is 0 Å². The van der Waals surface area contributed by atoms with E-state index in [2.05, 4.69) is 22.5 Å². The van der Waals surface area contributed by atoms with Crippen LogP contribution in [0, 0.1) is 0 Å². The lowest BCUT2D eigenvalue weighted by Gasteiger charge is -2.08. The number of aromatic nitrogens is 2. The van der Waals surface area contributed by atoms with Gasteiger partial charge >= 0.3 is 0 Å². The van der Waals surface area contributed by atoms with Crippen LogP contribution in [-0.4, -0.2) is 34.5 Å². The lowest BCUT2D eigenvalue weighted by Crippen LogP contribution is -2.35. The van der Waals surface area contributed by atoms with E-state index in [1.165, 1.54) is 10.9 Å². The van der Waals surface area contributed by atoms with Crippen LogP contribution in [0.1, 0.15) is 26.2 Å². The summed E-state index contributed by atoms with van der Waals surface area (Å²) in [5.74, 6) is -0.413. The summed E-state index contributed by atoms with van der Waals surface area (Å²) in [6.07, 6.45) is 3.55. The summed E-state index contributed by atoms with van der Waals surface area (Å²) in [7, 11) is 0. The Hall–Kier alpha value is -2.70. The van der Waals surface area contributed by atoms with Crippen LogP contribution in [0.3, 0.4) is 0 Å². The first-order valence-corrected chi connectivity index (χ1v) is 8.09. The number of nitrogens with one attached hydrogen (secondary N) is 2. The van der Waals surface area contributed by atoms with Crippen LogP contribution in [0.25, 0.3) is 10.9 Å². The molecule has 0 aliphatic rings. The Bertz CT molecular complexity index is 770. The largest absolute Gasteiger partial charge is 0.356 e. The summed E-state index contributed by atoms with van der Waals surface area (Å²) in [5, 5.41) is 5.90. The molecule has 0 spiro atoms. The predicted molar refractivity (Wildman–Crippen MR) is 91.5 cm³/mol. The van der Waals surface area contributed by atoms with Crippen molar-refractivity contribution in [3.05, 3.63) is 40.9 Å². The zero-order valence-electron chi connectivity index (χ0n) is 13.7. The lowest BCUT2D eigenvalue weighted by atomic mass is 10.2. The summed E-state index contributed by atoms with van der Waals surface area (Å²) in [6, 6.07) is 6.99. The average Bonchev–Trinajstić information content (AvgIpc) is 2.58. The molecule has 0 bridgehead atoms. The fourth-order valence-corrected chi connectivity index (χ4v) is 2.24. The van der Waals surface area contributed by atoms with Crippen molar-refractivity contribution in [1.82, 2.24) is 20.2 Å². The molecule has 7 heteroatoms. The molecule has 7 nitrogen and oxygen atoms in total. The normalized spacial score (nSPS) is 10.5. The third kappa shape index (κ3) is 4.91. The van der Waals surface area contributed by atoms with Gasteiger partial charge in [0.25, 0.3) is 5.56 Å². The molecule has 0 aliphatic carbocycles. The van der Waals surface area contributed by atoms with Gasteiger partial charge in [0.05, 0.1) is 17.2 Å². The van der Waals surface area contributed by atoms with Crippen molar-refractivity contribution in [2.45, 2.75) is 32.7 Å². The molecule has 0 atom stereocenters. The number of hydrogen-bond donors (Lipinski definition) is 2. The van der Waals surface area contributed by atoms with Crippen molar-refractivity contribution in [2.75, 3.05) is 13.1 Å². The van der Waals surface area contributed by atoms with E-state index in [4.69, 9.17) is 0 Å². The molecule has 2 rings (SSSR count). The van der Waals surface area contributed by atoms with Crippen LogP contribution in [0.15, 0.2) is 35.4 Å². The lowest BCUT2D eigenvalue weighted by molar-refractivity contribution is -0.122. The van der Waals surface area contributed by atoms with Crippen molar-refractivity contribution in [1.29, 1.82) is 0 Å². The van der Waals surface area contributed by atoms with Gasteiger partial charge in [0.2, 0.25) is 11.8 Å². The second-order valence-electron chi connectivity index (χ2n) is 5.50. The molecule has 0 saturated heterocycles. The highest BCUT2D eigenvalue weighted by molar-refractivity contribution is 5.80. The number of carbonyl (C=O) groups excluding carboxylic acids is 2. The van der Waals surface area contributed by atoms with E-state index in [0.29, 0.717) is 17.4 Å². The van der Waals surface area contributed by atoms with Gasteiger partial charge in [0.1, 0.15) is 6.54 Å². The van der Waals surface area contributed by atoms with Gasteiger partial charge in [-0.2, -0.15) is 0 Å². The molecule has 1 heterocycles. The second kappa shape index (κ2) is 8.81. The van der Waals surface area contributed by atoms with Crippen LogP contribution >= 0.6 is 0 Å². The highest BCUT2D eigenvalue weighted by Crippen LogP contribution is 2.04. The van der Waals surface area contributed by atoms with Crippen LogP contribution in [0.2, 0.25) is 0 Å². The Kier molecular flexibility index (Phi) is 6.48. The van der Waals surface area contributed by atoms with Crippen molar-refractivity contribution in [3.8, 4) is 0 Å². The van der Waals surface area contributed by atoms with Crippen LogP contribution < -0.4 is 16.2 Å². The number of nitrogens with zero attached hydrogens (tertiary/aromatic N) is 2. The van der Waals surface area contributed by atoms with Gasteiger partial charge < -0.3 is 10.6 Å². The monoisotopic (exact) mass is 330 g/mol. The molecule has 0 unspecified atom stereocenters. The Balaban J connectivity index is 1.84. The highest BCUT2D eigenvalue weighted by atomic mass is 16.2. The summed E-state index contributed by atoms with van der Waals surface area (Å²) in [4.78, 5) is 39.9. The number of carbonyl (C=O) groups is 2. The first-order chi connectivity index (χ1) is 11.6. The Labute approximate surface area is 140 Å². The minimum atomic E-state index is -0.324. The van der Waals surface area contributed by atoms with Crippen molar-refractivity contribution >= 4 is 22.7 Å². The minimum absolute atomic E-state index is 0.0895. The topological polar surface area (TPSA) is 93.1 Å². The van der Waals surface area contributed by atoms with Gasteiger partial charge in [-0.25, -0.2) is 4.98 Å². The summed E-state index contributed by atoms with van der Waals surface area (Å²) in [5.41, 5.74) is 0.343. The molecule has 24 heavy (non-hydrogen) atoms. The zero-order chi connectivity index (χ0) is 17.4. The fraction of sp³-hybridized carbons (Fsp3) is 0.412.